The van der Waals surface area contributed by atoms with E-state index in [9.17, 15) is 14.4 Å². The standard InChI is InChI=1S/C20H26N2O5/c1-13-7-8-17(26-2)16(9-13)22-11-14(10-19(22)24)20(25)27-12-18(23)21-15-5-3-4-6-15/h7-9,14-15H,3-6,10-12H2,1-2H3,(H,21,23)/t14-/m1/s1. The van der Waals surface area contributed by atoms with Crippen LogP contribution < -0.4 is 15.0 Å². The zero-order chi connectivity index (χ0) is 19.4. The van der Waals surface area contributed by atoms with Crippen molar-refractivity contribution in [3.05, 3.63) is 23.8 Å². The van der Waals surface area contributed by atoms with Gasteiger partial charge in [0.2, 0.25) is 5.91 Å². The Kier molecular flexibility index (Phi) is 5.98. The Labute approximate surface area is 159 Å². The summed E-state index contributed by atoms with van der Waals surface area (Å²) < 4.78 is 10.5. The number of anilines is 1. The Balaban J connectivity index is 1.56. The monoisotopic (exact) mass is 374 g/mol. The SMILES string of the molecule is COc1ccc(C)cc1N1C[C@H](C(=O)OCC(=O)NC2CCCC2)CC1=O. The highest BCUT2D eigenvalue weighted by molar-refractivity contribution is 6.00. The molecule has 3 rings (SSSR count). The number of carbonyl (C=O) groups excluding carboxylic acids is 3. The first-order valence-electron chi connectivity index (χ1n) is 9.39. The van der Waals surface area contributed by atoms with E-state index >= 15 is 0 Å². The average molecular weight is 374 g/mol. The Bertz CT molecular complexity index is 727. The quantitative estimate of drug-likeness (QED) is 0.770. The van der Waals surface area contributed by atoms with Crippen molar-refractivity contribution in [2.45, 2.75) is 45.1 Å². The molecule has 0 unspecified atom stereocenters. The summed E-state index contributed by atoms with van der Waals surface area (Å²) in [5.41, 5.74) is 1.64. The number of carbonyl (C=O) groups is 3. The topological polar surface area (TPSA) is 84.9 Å². The van der Waals surface area contributed by atoms with E-state index < -0.39 is 11.9 Å². The van der Waals surface area contributed by atoms with Gasteiger partial charge in [0.1, 0.15) is 5.75 Å². The molecule has 0 radical (unpaired) electrons. The molecule has 0 spiro atoms. The fourth-order valence-electron chi connectivity index (χ4n) is 3.70. The Morgan fingerprint density at radius 3 is 2.70 bits per heavy atom. The van der Waals surface area contributed by atoms with Gasteiger partial charge in [-0.2, -0.15) is 0 Å². The van der Waals surface area contributed by atoms with Crippen molar-refractivity contribution in [2.75, 3.05) is 25.2 Å². The van der Waals surface area contributed by atoms with Gasteiger partial charge in [-0.15, -0.1) is 0 Å². The van der Waals surface area contributed by atoms with Crippen molar-refractivity contribution in [1.29, 1.82) is 0 Å². The van der Waals surface area contributed by atoms with Gasteiger partial charge in [-0.1, -0.05) is 18.9 Å². The van der Waals surface area contributed by atoms with Crippen LogP contribution in [0.4, 0.5) is 5.69 Å². The van der Waals surface area contributed by atoms with Crippen LogP contribution in [-0.4, -0.2) is 44.1 Å². The highest BCUT2D eigenvalue weighted by Gasteiger charge is 2.37. The molecule has 2 aliphatic rings. The number of esters is 1. The van der Waals surface area contributed by atoms with Crippen LogP contribution in [0.3, 0.4) is 0 Å². The summed E-state index contributed by atoms with van der Waals surface area (Å²) in [6.07, 6.45) is 4.26. The summed E-state index contributed by atoms with van der Waals surface area (Å²) in [4.78, 5) is 38.2. The molecule has 2 fully saturated rings. The van der Waals surface area contributed by atoms with Gasteiger partial charge in [0.25, 0.3) is 5.91 Å². The molecule has 1 saturated heterocycles. The smallest absolute Gasteiger partial charge is 0.311 e. The molecule has 7 nitrogen and oxygen atoms in total. The zero-order valence-electron chi connectivity index (χ0n) is 15.8. The molecule has 7 heteroatoms. The van der Waals surface area contributed by atoms with Gasteiger partial charge in [-0.25, -0.2) is 0 Å². The van der Waals surface area contributed by atoms with Crippen LogP contribution in [-0.2, 0) is 19.1 Å². The van der Waals surface area contributed by atoms with Gasteiger partial charge in [0.05, 0.1) is 18.7 Å². The second-order valence-corrected chi connectivity index (χ2v) is 7.24. The molecule has 0 bridgehead atoms. The zero-order valence-corrected chi connectivity index (χ0v) is 15.8. The minimum Gasteiger partial charge on any atom is -0.495 e. The molecular formula is C20H26N2O5. The number of benzene rings is 1. The van der Waals surface area contributed by atoms with Crippen LogP contribution in [0.2, 0.25) is 0 Å². The lowest BCUT2D eigenvalue weighted by atomic mass is 10.1. The van der Waals surface area contributed by atoms with E-state index in [0.717, 1.165) is 31.2 Å². The fraction of sp³-hybridized carbons (Fsp3) is 0.550. The van der Waals surface area contributed by atoms with Crippen molar-refractivity contribution >= 4 is 23.5 Å². The van der Waals surface area contributed by atoms with Gasteiger partial charge < -0.3 is 19.7 Å². The van der Waals surface area contributed by atoms with Crippen molar-refractivity contribution in [3.63, 3.8) is 0 Å². The van der Waals surface area contributed by atoms with E-state index in [4.69, 9.17) is 9.47 Å². The maximum Gasteiger partial charge on any atom is 0.311 e. The molecule has 2 amide bonds. The van der Waals surface area contributed by atoms with E-state index in [2.05, 4.69) is 5.32 Å². The second kappa shape index (κ2) is 8.41. The average Bonchev–Trinajstić information content (AvgIpc) is 3.29. The van der Waals surface area contributed by atoms with Gasteiger partial charge in [-0.05, 0) is 37.5 Å². The molecular weight excluding hydrogens is 348 g/mol. The minimum atomic E-state index is -0.581. The van der Waals surface area contributed by atoms with Crippen LogP contribution >= 0.6 is 0 Å². The van der Waals surface area contributed by atoms with Crippen molar-refractivity contribution in [3.8, 4) is 5.75 Å². The second-order valence-electron chi connectivity index (χ2n) is 7.24. The van der Waals surface area contributed by atoms with Crippen LogP contribution in [0.1, 0.15) is 37.7 Å². The Morgan fingerprint density at radius 2 is 2.00 bits per heavy atom. The molecule has 1 aliphatic carbocycles. The number of aryl methyl sites for hydroxylation is 1. The normalized spacial score (nSPS) is 20.0. The van der Waals surface area contributed by atoms with Crippen molar-refractivity contribution in [2.24, 2.45) is 5.92 Å². The maximum absolute atomic E-state index is 12.4. The summed E-state index contributed by atoms with van der Waals surface area (Å²) in [6, 6.07) is 5.75. The third-order valence-corrected chi connectivity index (χ3v) is 5.15. The molecule has 1 aromatic carbocycles. The highest BCUT2D eigenvalue weighted by atomic mass is 16.5. The molecule has 1 atom stereocenters. The number of methoxy groups -OCH3 is 1. The molecule has 1 N–H and O–H groups in total. The minimum absolute atomic E-state index is 0.0696. The summed E-state index contributed by atoms with van der Waals surface area (Å²) in [5, 5.41) is 2.88. The van der Waals surface area contributed by atoms with E-state index in [1.54, 1.807) is 18.1 Å². The Hall–Kier alpha value is -2.57. The molecule has 0 aromatic heterocycles. The molecule has 1 aliphatic heterocycles. The lowest BCUT2D eigenvalue weighted by Gasteiger charge is -2.20. The summed E-state index contributed by atoms with van der Waals surface area (Å²) in [6.45, 7) is 1.85. The molecule has 1 heterocycles. The Morgan fingerprint density at radius 1 is 1.26 bits per heavy atom. The number of hydrogen-bond acceptors (Lipinski definition) is 5. The van der Waals surface area contributed by atoms with Gasteiger partial charge >= 0.3 is 5.97 Å². The summed E-state index contributed by atoms with van der Waals surface area (Å²) >= 11 is 0. The third kappa shape index (κ3) is 4.59. The summed E-state index contributed by atoms with van der Waals surface area (Å²) in [7, 11) is 1.55. The largest absolute Gasteiger partial charge is 0.495 e. The number of ether oxygens (including phenoxy) is 2. The lowest BCUT2D eigenvalue weighted by Crippen LogP contribution is -2.36. The highest BCUT2D eigenvalue weighted by Crippen LogP contribution is 2.34. The summed E-state index contributed by atoms with van der Waals surface area (Å²) in [5.74, 6) is -0.951. The van der Waals surface area contributed by atoms with Crippen LogP contribution in [0.5, 0.6) is 5.75 Å². The number of nitrogens with one attached hydrogen (secondary N) is 1. The number of amides is 2. The van der Waals surface area contributed by atoms with Gasteiger partial charge in [-0.3, -0.25) is 14.4 Å². The maximum atomic E-state index is 12.4. The van der Waals surface area contributed by atoms with E-state index in [-0.39, 0.29) is 37.4 Å². The first-order chi connectivity index (χ1) is 13.0. The first kappa shape index (κ1) is 19.2. The fourth-order valence-corrected chi connectivity index (χ4v) is 3.70. The van der Waals surface area contributed by atoms with Crippen LogP contribution in [0, 0.1) is 12.8 Å². The van der Waals surface area contributed by atoms with Crippen LogP contribution in [0.15, 0.2) is 18.2 Å². The lowest BCUT2D eigenvalue weighted by molar-refractivity contribution is -0.152. The predicted molar refractivity (Wildman–Crippen MR) is 99.5 cm³/mol. The molecule has 146 valence electrons. The van der Waals surface area contributed by atoms with E-state index in [1.165, 1.54) is 0 Å². The predicted octanol–water partition coefficient (Wildman–Crippen LogP) is 1.96. The van der Waals surface area contributed by atoms with Crippen LogP contribution in [0.25, 0.3) is 0 Å². The van der Waals surface area contributed by atoms with Gasteiger partial charge in [0, 0.05) is 19.0 Å². The van der Waals surface area contributed by atoms with Crippen molar-refractivity contribution < 1.29 is 23.9 Å². The van der Waals surface area contributed by atoms with Crippen molar-refractivity contribution in [1.82, 2.24) is 5.32 Å². The molecule has 1 aromatic rings. The van der Waals surface area contributed by atoms with E-state index in [1.807, 2.05) is 19.1 Å². The molecule has 1 saturated carbocycles. The molecule has 27 heavy (non-hydrogen) atoms. The third-order valence-electron chi connectivity index (χ3n) is 5.15. The number of hydrogen-bond donors (Lipinski definition) is 1. The number of nitrogens with zero attached hydrogens (tertiary/aromatic N) is 1. The van der Waals surface area contributed by atoms with E-state index in [0.29, 0.717) is 11.4 Å². The first-order valence-corrected chi connectivity index (χ1v) is 9.39. The van der Waals surface area contributed by atoms with Gasteiger partial charge in [0.15, 0.2) is 6.61 Å². The number of rotatable bonds is 6.